The third kappa shape index (κ3) is 1.12. The second-order valence-electron chi connectivity index (χ2n) is 5.22. The van der Waals surface area contributed by atoms with E-state index < -0.39 is 0 Å². The van der Waals surface area contributed by atoms with Crippen LogP contribution in [0.4, 0.5) is 0 Å². The van der Waals surface area contributed by atoms with E-state index in [1.807, 2.05) is 6.92 Å². The van der Waals surface area contributed by atoms with E-state index in [0.29, 0.717) is 18.3 Å². The van der Waals surface area contributed by atoms with Gasteiger partial charge in [0.05, 0.1) is 0 Å². The molecule has 2 amide bonds. The van der Waals surface area contributed by atoms with E-state index in [4.69, 9.17) is 0 Å². The molecule has 2 saturated carbocycles. The molecule has 3 aliphatic rings. The van der Waals surface area contributed by atoms with Crippen molar-refractivity contribution in [3.63, 3.8) is 0 Å². The molecule has 3 fully saturated rings. The van der Waals surface area contributed by atoms with Crippen LogP contribution in [0.25, 0.3) is 0 Å². The van der Waals surface area contributed by atoms with Gasteiger partial charge in [0.1, 0.15) is 0 Å². The summed E-state index contributed by atoms with van der Waals surface area (Å²) in [4.78, 5) is 25.2. The number of carbonyl (C=O) groups is 2. The Kier molecular flexibility index (Phi) is 1.91. The lowest BCUT2D eigenvalue weighted by Gasteiger charge is -2.20. The van der Waals surface area contributed by atoms with Crippen molar-refractivity contribution >= 4 is 11.8 Å². The molecule has 0 aromatic rings. The smallest absolute Gasteiger partial charge is 0.232 e. The third-order valence-corrected chi connectivity index (χ3v) is 4.64. The van der Waals surface area contributed by atoms with Gasteiger partial charge in [-0.25, -0.2) is 0 Å². The zero-order chi connectivity index (χ0) is 10.6. The number of carbonyl (C=O) groups excluding carboxylic acids is 2. The Bertz CT molecular complexity index is 326. The highest BCUT2D eigenvalue weighted by atomic mass is 16.2. The first-order chi connectivity index (χ1) is 7.22. The highest BCUT2D eigenvalue weighted by Crippen LogP contribution is 2.55. The molecular weight excluding hydrogens is 190 g/mol. The van der Waals surface area contributed by atoms with Crippen LogP contribution in [0.1, 0.15) is 32.6 Å². The molecule has 1 aliphatic heterocycles. The maximum atomic E-state index is 12.1. The second-order valence-corrected chi connectivity index (χ2v) is 5.22. The summed E-state index contributed by atoms with van der Waals surface area (Å²) in [7, 11) is 0. The van der Waals surface area contributed by atoms with E-state index in [1.165, 1.54) is 24.2 Å². The molecule has 1 heterocycles. The van der Waals surface area contributed by atoms with E-state index in [-0.39, 0.29) is 17.7 Å². The topological polar surface area (TPSA) is 37.4 Å². The maximum absolute atomic E-state index is 12.1. The van der Waals surface area contributed by atoms with Crippen molar-refractivity contribution in [1.82, 2.24) is 4.90 Å². The Morgan fingerprint density at radius 2 is 2.13 bits per heavy atom. The average molecular weight is 207 g/mol. The molecule has 0 radical (unpaired) electrons. The first-order valence-electron chi connectivity index (χ1n) is 6.06. The van der Waals surface area contributed by atoms with Crippen LogP contribution in [0.5, 0.6) is 0 Å². The van der Waals surface area contributed by atoms with Gasteiger partial charge < -0.3 is 0 Å². The van der Waals surface area contributed by atoms with Crippen molar-refractivity contribution in [2.24, 2.45) is 23.7 Å². The van der Waals surface area contributed by atoms with E-state index in [1.54, 1.807) is 0 Å². The zero-order valence-corrected chi connectivity index (χ0v) is 9.11. The predicted molar refractivity (Wildman–Crippen MR) is 54.8 cm³/mol. The fraction of sp³-hybridized carbons (Fsp3) is 0.833. The molecule has 3 heteroatoms. The molecule has 15 heavy (non-hydrogen) atoms. The van der Waals surface area contributed by atoms with Gasteiger partial charge in [0.25, 0.3) is 0 Å². The molecule has 82 valence electrons. The van der Waals surface area contributed by atoms with Crippen LogP contribution in [0.2, 0.25) is 0 Å². The van der Waals surface area contributed by atoms with Crippen LogP contribution in [-0.4, -0.2) is 23.3 Å². The molecule has 0 spiro atoms. The van der Waals surface area contributed by atoms with Gasteiger partial charge in [-0.3, -0.25) is 14.5 Å². The predicted octanol–water partition coefficient (Wildman–Crippen LogP) is 1.43. The molecular formula is C12H17NO2. The fourth-order valence-corrected chi connectivity index (χ4v) is 3.95. The quantitative estimate of drug-likeness (QED) is 0.652. The van der Waals surface area contributed by atoms with Gasteiger partial charge >= 0.3 is 0 Å². The Hall–Kier alpha value is -0.860. The molecule has 3 nitrogen and oxygen atoms in total. The van der Waals surface area contributed by atoms with Crippen molar-refractivity contribution in [3.8, 4) is 0 Å². The number of rotatable bonds is 1. The minimum atomic E-state index is 0.0220. The lowest BCUT2D eigenvalue weighted by molar-refractivity contribution is -0.143. The number of fused-ring (bicyclic) bond motifs is 5. The van der Waals surface area contributed by atoms with Crippen LogP contribution < -0.4 is 0 Å². The minimum Gasteiger partial charge on any atom is -0.282 e. The first kappa shape index (κ1) is 9.37. The van der Waals surface area contributed by atoms with E-state index >= 15 is 0 Å². The average Bonchev–Trinajstić information content (AvgIpc) is 2.89. The normalized spacial score (nSPS) is 42.5. The summed E-state index contributed by atoms with van der Waals surface area (Å²) in [5.74, 6) is 2.21. The van der Waals surface area contributed by atoms with Crippen LogP contribution in [-0.2, 0) is 9.59 Å². The Labute approximate surface area is 89.8 Å². The van der Waals surface area contributed by atoms with Crippen molar-refractivity contribution in [2.75, 3.05) is 6.54 Å². The van der Waals surface area contributed by atoms with Crippen LogP contribution in [0.3, 0.4) is 0 Å². The SMILES string of the molecule is CCC(=O)N1CC2C3CCC(C3)C2C1=O. The Morgan fingerprint density at radius 3 is 2.80 bits per heavy atom. The highest BCUT2D eigenvalue weighted by Gasteiger charge is 2.56. The van der Waals surface area contributed by atoms with E-state index in [0.717, 1.165) is 12.5 Å². The van der Waals surface area contributed by atoms with Crippen LogP contribution >= 0.6 is 0 Å². The van der Waals surface area contributed by atoms with Gasteiger partial charge in [-0.2, -0.15) is 0 Å². The summed E-state index contributed by atoms with van der Waals surface area (Å²) >= 11 is 0. The van der Waals surface area contributed by atoms with Gasteiger partial charge in [0.2, 0.25) is 11.8 Å². The van der Waals surface area contributed by atoms with E-state index in [9.17, 15) is 9.59 Å². The van der Waals surface area contributed by atoms with Gasteiger partial charge in [0, 0.05) is 18.9 Å². The molecule has 0 aromatic carbocycles. The Balaban J connectivity index is 1.84. The minimum absolute atomic E-state index is 0.0220. The molecule has 2 bridgehead atoms. The molecule has 2 aliphatic carbocycles. The van der Waals surface area contributed by atoms with Gasteiger partial charge in [-0.15, -0.1) is 0 Å². The van der Waals surface area contributed by atoms with E-state index in [2.05, 4.69) is 0 Å². The van der Waals surface area contributed by atoms with Crippen molar-refractivity contribution < 1.29 is 9.59 Å². The number of nitrogens with zero attached hydrogens (tertiary/aromatic N) is 1. The molecule has 4 unspecified atom stereocenters. The molecule has 0 N–H and O–H groups in total. The summed E-state index contributed by atoms with van der Waals surface area (Å²) in [6, 6.07) is 0. The number of hydrogen-bond donors (Lipinski definition) is 0. The van der Waals surface area contributed by atoms with Crippen molar-refractivity contribution in [3.05, 3.63) is 0 Å². The molecule has 4 atom stereocenters. The monoisotopic (exact) mass is 207 g/mol. The summed E-state index contributed by atoms with van der Waals surface area (Å²) in [6.07, 6.45) is 4.20. The number of likely N-dealkylation sites (tertiary alicyclic amines) is 1. The summed E-state index contributed by atoms with van der Waals surface area (Å²) in [5, 5.41) is 0. The molecule has 3 rings (SSSR count). The standard InChI is InChI=1S/C12H17NO2/c1-2-10(14)13-6-9-7-3-4-8(5-7)11(9)12(13)15/h7-9,11H,2-6H2,1H3. The lowest BCUT2D eigenvalue weighted by Crippen LogP contribution is -2.34. The van der Waals surface area contributed by atoms with Crippen LogP contribution in [0.15, 0.2) is 0 Å². The van der Waals surface area contributed by atoms with Crippen molar-refractivity contribution in [1.29, 1.82) is 0 Å². The summed E-state index contributed by atoms with van der Waals surface area (Å²) in [5.41, 5.74) is 0. The molecule has 1 saturated heterocycles. The van der Waals surface area contributed by atoms with Crippen molar-refractivity contribution in [2.45, 2.75) is 32.6 Å². The molecule has 0 aromatic heterocycles. The Morgan fingerprint density at radius 1 is 1.40 bits per heavy atom. The number of imide groups is 1. The third-order valence-electron chi connectivity index (χ3n) is 4.64. The summed E-state index contributed by atoms with van der Waals surface area (Å²) < 4.78 is 0. The zero-order valence-electron chi connectivity index (χ0n) is 9.11. The van der Waals surface area contributed by atoms with Gasteiger partial charge in [0.15, 0.2) is 0 Å². The second kappa shape index (κ2) is 3.06. The first-order valence-corrected chi connectivity index (χ1v) is 6.06. The lowest BCUT2D eigenvalue weighted by atomic mass is 9.81. The highest BCUT2D eigenvalue weighted by molar-refractivity contribution is 5.98. The largest absolute Gasteiger partial charge is 0.282 e. The summed E-state index contributed by atoms with van der Waals surface area (Å²) in [6.45, 7) is 2.55. The van der Waals surface area contributed by atoms with Crippen LogP contribution in [0, 0.1) is 23.7 Å². The van der Waals surface area contributed by atoms with Gasteiger partial charge in [-0.1, -0.05) is 6.92 Å². The fourth-order valence-electron chi connectivity index (χ4n) is 3.95. The number of amides is 2. The van der Waals surface area contributed by atoms with Gasteiger partial charge in [-0.05, 0) is 37.0 Å². The number of hydrogen-bond acceptors (Lipinski definition) is 2. The maximum Gasteiger partial charge on any atom is 0.232 e.